The Morgan fingerprint density at radius 1 is 1.18 bits per heavy atom. The number of methoxy groups -OCH3 is 1. The van der Waals surface area contributed by atoms with Gasteiger partial charge in [-0.25, -0.2) is 9.59 Å². The zero-order valence-corrected chi connectivity index (χ0v) is 28.3. The van der Waals surface area contributed by atoms with Crippen molar-refractivity contribution >= 4 is 35.6 Å². The van der Waals surface area contributed by atoms with Crippen molar-refractivity contribution in [3.8, 4) is 0 Å². The molecule has 0 unspecified atom stereocenters. The van der Waals surface area contributed by atoms with E-state index in [1.807, 2.05) is 6.26 Å². The first kappa shape index (κ1) is 34.8. The lowest BCUT2D eigenvalue weighted by Gasteiger charge is -2.67. The van der Waals surface area contributed by atoms with Crippen LogP contribution in [0.5, 0.6) is 0 Å². The first-order valence-corrected chi connectivity index (χ1v) is 17.1. The topological polar surface area (TPSA) is 137 Å². The summed E-state index contributed by atoms with van der Waals surface area (Å²) in [5.74, 6) is -2.15. The molecular weight excluding hydrogens is 586 g/mol. The van der Waals surface area contributed by atoms with Crippen LogP contribution in [-0.2, 0) is 33.3 Å². The van der Waals surface area contributed by atoms with Gasteiger partial charge in [0.25, 0.3) is 0 Å². The van der Waals surface area contributed by atoms with Gasteiger partial charge < -0.3 is 29.4 Å². The summed E-state index contributed by atoms with van der Waals surface area (Å²) < 4.78 is 23.7. The zero-order chi connectivity index (χ0) is 32.8. The lowest BCUT2D eigenvalue weighted by atomic mass is 9.39. The minimum atomic E-state index is -1.43. The summed E-state index contributed by atoms with van der Waals surface area (Å²) in [5, 5.41) is 14.6. The highest BCUT2D eigenvalue weighted by atomic mass is 32.2. The van der Waals surface area contributed by atoms with Crippen LogP contribution in [0.2, 0.25) is 0 Å². The summed E-state index contributed by atoms with van der Waals surface area (Å²) in [6, 6.07) is -1.01. The number of fused-ring (bicyclic) bond motifs is 3. The molecule has 4 aliphatic carbocycles. The van der Waals surface area contributed by atoms with Crippen LogP contribution in [0.25, 0.3) is 0 Å². The number of nitrogens with one attached hydrogen (secondary N) is 1. The molecule has 44 heavy (non-hydrogen) atoms. The van der Waals surface area contributed by atoms with Gasteiger partial charge in [-0.05, 0) is 81.8 Å². The third kappa shape index (κ3) is 5.93. The molecule has 0 radical (unpaired) electrons. The van der Waals surface area contributed by atoms with Crippen molar-refractivity contribution < 1.29 is 43.2 Å². The van der Waals surface area contributed by atoms with Crippen LogP contribution in [0, 0.1) is 34.0 Å². The number of carbonyl (C=O) groups excluding carboxylic acids is 4. The fourth-order valence-corrected chi connectivity index (χ4v) is 9.70. The number of amides is 1. The fraction of sp³-hybridized carbons (Fsp3) is 0.818. The number of aliphatic hydroxyl groups excluding tert-OH is 1. The molecule has 4 rings (SSSR count). The molecule has 0 aromatic carbocycles. The molecule has 0 saturated heterocycles. The summed E-state index contributed by atoms with van der Waals surface area (Å²) in [5.41, 5.74) is -2.81. The number of aliphatic hydroxyl groups is 1. The Morgan fingerprint density at radius 3 is 2.45 bits per heavy atom. The first-order valence-electron chi connectivity index (χ1n) is 15.7. The molecule has 0 aromatic rings. The average molecular weight is 638 g/mol. The van der Waals surface area contributed by atoms with Crippen molar-refractivity contribution in [3.63, 3.8) is 0 Å². The van der Waals surface area contributed by atoms with Gasteiger partial charge in [-0.3, -0.25) is 9.59 Å². The Hall–Kier alpha value is -2.11. The van der Waals surface area contributed by atoms with Crippen LogP contribution in [0.1, 0.15) is 80.1 Å². The second-order valence-corrected chi connectivity index (χ2v) is 15.9. The number of thioether (sulfide) groups is 1. The van der Waals surface area contributed by atoms with E-state index in [1.165, 1.54) is 18.7 Å². The molecule has 0 aliphatic heterocycles. The van der Waals surface area contributed by atoms with E-state index >= 15 is 0 Å². The number of carbonyl (C=O) groups is 4. The van der Waals surface area contributed by atoms with Gasteiger partial charge in [-0.15, -0.1) is 0 Å². The Kier molecular flexibility index (Phi) is 9.94. The maximum atomic E-state index is 14.6. The molecule has 1 amide bonds. The van der Waals surface area contributed by atoms with Crippen molar-refractivity contribution in [3.05, 3.63) is 12.2 Å². The zero-order valence-electron chi connectivity index (χ0n) is 27.5. The summed E-state index contributed by atoms with van der Waals surface area (Å²) in [6.07, 6.45) is 1.96. The lowest BCUT2D eigenvalue weighted by molar-refractivity contribution is -0.272. The highest BCUT2D eigenvalue weighted by Gasteiger charge is 2.78. The third-order valence-electron chi connectivity index (χ3n) is 10.7. The lowest BCUT2D eigenvalue weighted by Crippen LogP contribution is -2.72. The maximum Gasteiger partial charge on any atom is 0.408 e. The van der Waals surface area contributed by atoms with Gasteiger partial charge >= 0.3 is 18.0 Å². The summed E-state index contributed by atoms with van der Waals surface area (Å²) >= 11 is 1.53. The summed E-state index contributed by atoms with van der Waals surface area (Å²) in [6.45, 7) is 15.2. The number of Topliss-reactive ketones (excluding diaryl/α,β-unsaturated/α-hetero) is 1. The van der Waals surface area contributed by atoms with Gasteiger partial charge in [0.1, 0.15) is 23.2 Å². The number of ketones is 1. The van der Waals surface area contributed by atoms with Gasteiger partial charge in [-0.2, -0.15) is 11.8 Å². The third-order valence-corrected chi connectivity index (χ3v) is 11.4. The normalized spacial score (nSPS) is 36.5. The van der Waals surface area contributed by atoms with E-state index in [0.29, 0.717) is 30.6 Å². The first-order chi connectivity index (χ1) is 20.5. The predicted molar refractivity (Wildman–Crippen MR) is 166 cm³/mol. The Balaban J connectivity index is 1.80. The highest BCUT2D eigenvalue weighted by molar-refractivity contribution is 7.98. The second-order valence-electron chi connectivity index (χ2n) is 14.9. The van der Waals surface area contributed by atoms with Gasteiger partial charge in [0.2, 0.25) is 0 Å². The van der Waals surface area contributed by atoms with Gasteiger partial charge in [0, 0.05) is 31.3 Å². The Morgan fingerprint density at radius 2 is 1.86 bits per heavy atom. The Labute approximate surface area is 265 Å². The quantitative estimate of drug-likeness (QED) is 0.212. The van der Waals surface area contributed by atoms with Crippen molar-refractivity contribution in [1.29, 1.82) is 0 Å². The van der Waals surface area contributed by atoms with E-state index in [2.05, 4.69) is 25.7 Å². The van der Waals surface area contributed by atoms with Crippen molar-refractivity contribution in [2.75, 3.05) is 25.7 Å². The van der Waals surface area contributed by atoms with Crippen LogP contribution >= 0.6 is 11.8 Å². The predicted octanol–water partition coefficient (Wildman–Crippen LogP) is 4.46. The van der Waals surface area contributed by atoms with E-state index in [9.17, 15) is 24.3 Å². The second kappa shape index (κ2) is 12.6. The molecule has 4 fully saturated rings. The van der Waals surface area contributed by atoms with Gasteiger partial charge in [0.05, 0.1) is 18.8 Å². The standard InChI is InChI=1S/C33H51NO9S/c1-18-20-15-22(36)25-32(17-41-19(2)35)13-10-12-31(6,7)23(32)16-24(40-8)33(25,26(18)37)27(20)42-28(38)21(11-14-44-9)34-29(39)43-30(3,4)5/h20-25,27,36H,1,10-17H2,2-9H3,(H,34,39)/t20-,21-,22-,23+,24+,25-,27+,32-,33+/m0/s1. The van der Waals surface area contributed by atoms with Crippen LogP contribution in [-0.4, -0.2) is 84.6 Å². The average Bonchev–Trinajstić information content (AvgIpc) is 3.04. The SMILES string of the molecule is C=C1C(=O)[C@]23[C@H](OC(=O)[C@H](CCSC)NC(=O)OC(C)(C)C)[C@H]1C[C@H](O)[C@H]2[C@]1(COC(C)=O)CCCC(C)(C)[C@H]1C[C@H]3OC. The monoisotopic (exact) mass is 637 g/mol. The van der Waals surface area contributed by atoms with Gasteiger partial charge in [0.15, 0.2) is 5.78 Å². The highest BCUT2D eigenvalue weighted by Crippen LogP contribution is 2.72. The number of rotatable bonds is 9. The molecule has 4 saturated carbocycles. The smallest absolute Gasteiger partial charge is 0.408 e. The van der Waals surface area contributed by atoms with Crippen molar-refractivity contribution in [2.45, 2.75) is 110 Å². The molecule has 2 bridgehead atoms. The molecule has 0 aromatic heterocycles. The number of hydrogen-bond acceptors (Lipinski definition) is 10. The molecule has 1 spiro atoms. The summed E-state index contributed by atoms with van der Waals surface area (Å²) in [7, 11) is 1.56. The van der Waals surface area contributed by atoms with E-state index in [0.717, 1.165) is 12.8 Å². The summed E-state index contributed by atoms with van der Waals surface area (Å²) in [4.78, 5) is 53.4. The number of alkyl carbamates (subject to hydrolysis) is 1. The molecule has 9 atom stereocenters. The molecule has 248 valence electrons. The van der Waals surface area contributed by atoms with E-state index in [4.69, 9.17) is 18.9 Å². The van der Waals surface area contributed by atoms with E-state index in [-0.39, 0.29) is 30.1 Å². The largest absolute Gasteiger partial charge is 0.465 e. The Bertz CT molecular complexity index is 1160. The molecule has 4 aliphatic rings. The van der Waals surface area contributed by atoms with Crippen molar-refractivity contribution in [1.82, 2.24) is 5.32 Å². The molecule has 10 nitrogen and oxygen atoms in total. The molecule has 11 heteroatoms. The molecule has 2 N–H and O–H groups in total. The van der Waals surface area contributed by atoms with Gasteiger partial charge in [-0.1, -0.05) is 26.8 Å². The minimum Gasteiger partial charge on any atom is -0.465 e. The van der Waals surface area contributed by atoms with Crippen LogP contribution in [0.4, 0.5) is 4.79 Å². The minimum absolute atomic E-state index is 0.0314. The van der Waals surface area contributed by atoms with Crippen LogP contribution < -0.4 is 5.32 Å². The van der Waals surface area contributed by atoms with Crippen LogP contribution in [0.15, 0.2) is 12.2 Å². The molecular formula is C33H51NO9S. The number of hydrogen-bond donors (Lipinski definition) is 2. The fourth-order valence-electron chi connectivity index (χ4n) is 9.22. The molecule has 0 heterocycles. The van der Waals surface area contributed by atoms with Crippen molar-refractivity contribution in [2.24, 2.45) is 34.0 Å². The van der Waals surface area contributed by atoms with E-state index < -0.39 is 70.7 Å². The maximum absolute atomic E-state index is 14.6. The van der Waals surface area contributed by atoms with E-state index in [1.54, 1.807) is 27.9 Å². The number of esters is 2. The number of ether oxygens (including phenoxy) is 4. The van der Waals surface area contributed by atoms with Crippen LogP contribution in [0.3, 0.4) is 0 Å².